The predicted octanol–water partition coefficient (Wildman–Crippen LogP) is 3.92. The first-order valence-corrected chi connectivity index (χ1v) is 7.97. The summed E-state index contributed by atoms with van der Waals surface area (Å²) < 4.78 is 5.53. The number of hydrogen-bond acceptors (Lipinski definition) is 3. The van der Waals surface area contributed by atoms with Gasteiger partial charge in [-0.25, -0.2) is 0 Å². The van der Waals surface area contributed by atoms with Crippen molar-refractivity contribution in [3.05, 3.63) is 65.0 Å². The Morgan fingerprint density at radius 1 is 1.20 bits per heavy atom. The van der Waals surface area contributed by atoms with Crippen LogP contribution in [0.15, 0.2) is 42.6 Å². The summed E-state index contributed by atoms with van der Waals surface area (Å²) in [6.45, 7) is 2.00. The van der Waals surface area contributed by atoms with Crippen molar-refractivity contribution in [2.75, 3.05) is 7.11 Å². The van der Waals surface area contributed by atoms with Crippen LogP contribution in [0.2, 0.25) is 0 Å². The first-order chi connectivity index (χ1) is 12.1. The Bertz CT molecular complexity index is 1130. The molecule has 1 unspecified atom stereocenters. The molecule has 124 valence electrons. The van der Waals surface area contributed by atoms with Crippen molar-refractivity contribution in [3.8, 4) is 11.8 Å². The van der Waals surface area contributed by atoms with Gasteiger partial charge in [0.25, 0.3) is 0 Å². The molecule has 0 spiro atoms. The molecule has 2 heterocycles. The van der Waals surface area contributed by atoms with Gasteiger partial charge in [0.15, 0.2) is 0 Å². The Morgan fingerprint density at radius 2 is 2.04 bits per heavy atom. The number of aromatic amines is 2. The Kier molecular flexibility index (Phi) is 3.48. The highest BCUT2D eigenvalue weighted by Gasteiger charge is 2.22. The molecule has 0 aliphatic rings. The molecule has 2 aromatic heterocycles. The number of nitrogens with one attached hydrogen (secondary N) is 2. The normalized spacial score (nSPS) is 12.4. The smallest absolute Gasteiger partial charge is 0.126 e. The van der Waals surface area contributed by atoms with Gasteiger partial charge in [0.05, 0.1) is 18.7 Å². The molecule has 1 atom stereocenters. The summed E-state index contributed by atoms with van der Waals surface area (Å²) in [5.74, 6) is 0.647. The average molecular weight is 331 g/mol. The van der Waals surface area contributed by atoms with Gasteiger partial charge in [0.2, 0.25) is 0 Å². The highest BCUT2D eigenvalue weighted by molar-refractivity contribution is 5.89. The van der Waals surface area contributed by atoms with Crippen LogP contribution < -0.4 is 4.74 Å². The van der Waals surface area contributed by atoms with Gasteiger partial charge in [0, 0.05) is 39.3 Å². The number of ether oxygens (including phenoxy) is 1. The fourth-order valence-electron chi connectivity index (χ4n) is 3.38. The number of aliphatic hydroxyl groups is 1. The number of aryl methyl sites for hydroxylation is 1. The Balaban J connectivity index is 1.90. The van der Waals surface area contributed by atoms with E-state index in [1.54, 1.807) is 19.2 Å². The summed E-state index contributed by atoms with van der Waals surface area (Å²) in [5.41, 5.74) is 4.89. The van der Waals surface area contributed by atoms with Crippen molar-refractivity contribution in [3.63, 3.8) is 0 Å². The average Bonchev–Trinajstić information content (AvgIpc) is 3.27. The number of rotatable bonds is 3. The minimum atomic E-state index is -0.869. The summed E-state index contributed by atoms with van der Waals surface area (Å²) in [6.07, 6.45) is 0.990. The van der Waals surface area contributed by atoms with Crippen LogP contribution in [0.1, 0.15) is 28.5 Å². The lowest BCUT2D eigenvalue weighted by atomic mass is 9.98. The number of hydrogen-bond donors (Lipinski definition) is 3. The predicted molar refractivity (Wildman–Crippen MR) is 96.7 cm³/mol. The minimum absolute atomic E-state index is 0.591. The second kappa shape index (κ2) is 5.69. The maximum Gasteiger partial charge on any atom is 0.126 e. The number of aliphatic hydroxyl groups excluding tert-OH is 1. The SMILES string of the molecule is COc1cc(C)c2[nH]ccc2c1C(O)c1cc2cc(C#N)ccc2[nH]1. The zero-order valence-corrected chi connectivity index (χ0v) is 13.9. The third kappa shape index (κ3) is 2.35. The minimum Gasteiger partial charge on any atom is -0.496 e. The van der Waals surface area contributed by atoms with Crippen molar-refractivity contribution in [1.29, 1.82) is 5.26 Å². The number of aromatic nitrogens is 2. The van der Waals surface area contributed by atoms with E-state index in [2.05, 4.69) is 16.0 Å². The fraction of sp³-hybridized carbons (Fsp3) is 0.150. The molecule has 0 radical (unpaired) electrons. The van der Waals surface area contributed by atoms with Crippen molar-refractivity contribution < 1.29 is 9.84 Å². The summed E-state index contributed by atoms with van der Waals surface area (Å²) in [6, 6.07) is 13.3. The van der Waals surface area contributed by atoms with E-state index in [4.69, 9.17) is 10.00 Å². The number of nitriles is 1. The highest BCUT2D eigenvalue weighted by atomic mass is 16.5. The molecule has 0 saturated heterocycles. The Hall–Kier alpha value is -3.23. The topological polar surface area (TPSA) is 84.8 Å². The lowest BCUT2D eigenvalue weighted by Crippen LogP contribution is -2.04. The molecular formula is C20H17N3O2. The first-order valence-electron chi connectivity index (χ1n) is 7.97. The lowest BCUT2D eigenvalue weighted by molar-refractivity contribution is 0.212. The first kappa shape index (κ1) is 15.3. The van der Waals surface area contributed by atoms with Crippen LogP contribution in [-0.4, -0.2) is 22.2 Å². The van der Waals surface area contributed by atoms with E-state index in [0.717, 1.165) is 32.9 Å². The van der Waals surface area contributed by atoms with E-state index < -0.39 is 6.10 Å². The lowest BCUT2D eigenvalue weighted by Gasteiger charge is -2.16. The summed E-state index contributed by atoms with van der Waals surface area (Å²) >= 11 is 0. The number of methoxy groups -OCH3 is 1. The van der Waals surface area contributed by atoms with Crippen LogP contribution in [0.3, 0.4) is 0 Å². The molecule has 4 aromatic rings. The fourth-order valence-corrected chi connectivity index (χ4v) is 3.38. The van der Waals surface area contributed by atoms with Gasteiger partial charge in [-0.2, -0.15) is 5.26 Å². The molecule has 0 aliphatic carbocycles. The zero-order chi connectivity index (χ0) is 17.6. The molecule has 3 N–H and O–H groups in total. The van der Waals surface area contributed by atoms with E-state index >= 15 is 0 Å². The van der Waals surface area contributed by atoms with Gasteiger partial charge in [-0.1, -0.05) is 0 Å². The molecule has 0 saturated carbocycles. The zero-order valence-electron chi connectivity index (χ0n) is 13.9. The number of benzene rings is 2. The van der Waals surface area contributed by atoms with Gasteiger partial charge >= 0.3 is 0 Å². The van der Waals surface area contributed by atoms with Gasteiger partial charge in [-0.05, 0) is 48.9 Å². The van der Waals surface area contributed by atoms with Gasteiger partial charge in [0.1, 0.15) is 11.9 Å². The van der Waals surface area contributed by atoms with E-state index in [-0.39, 0.29) is 0 Å². The van der Waals surface area contributed by atoms with Crippen LogP contribution in [-0.2, 0) is 0 Å². The van der Waals surface area contributed by atoms with Crippen LogP contribution in [0.4, 0.5) is 0 Å². The van der Waals surface area contributed by atoms with Gasteiger partial charge in [-0.3, -0.25) is 0 Å². The molecule has 4 rings (SSSR count). The maximum absolute atomic E-state index is 11.0. The van der Waals surface area contributed by atoms with Crippen molar-refractivity contribution in [2.45, 2.75) is 13.0 Å². The monoisotopic (exact) mass is 331 g/mol. The number of fused-ring (bicyclic) bond motifs is 2. The number of nitrogens with zero attached hydrogens (tertiary/aromatic N) is 1. The molecule has 0 amide bonds. The van der Waals surface area contributed by atoms with Crippen molar-refractivity contribution in [1.82, 2.24) is 9.97 Å². The van der Waals surface area contributed by atoms with Crippen LogP contribution in [0, 0.1) is 18.3 Å². The third-order valence-corrected chi connectivity index (χ3v) is 4.60. The molecule has 0 fully saturated rings. The summed E-state index contributed by atoms with van der Waals surface area (Å²) in [7, 11) is 1.61. The molecule has 0 bridgehead atoms. The second-order valence-electron chi connectivity index (χ2n) is 6.12. The van der Waals surface area contributed by atoms with E-state index in [1.165, 1.54) is 0 Å². The van der Waals surface area contributed by atoms with Crippen LogP contribution in [0.25, 0.3) is 21.8 Å². The summed E-state index contributed by atoms with van der Waals surface area (Å²) in [5, 5.41) is 21.9. The molecule has 2 aromatic carbocycles. The molecule has 25 heavy (non-hydrogen) atoms. The number of H-pyrrole nitrogens is 2. The highest BCUT2D eigenvalue weighted by Crippen LogP contribution is 2.38. The van der Waals surface area contributed by atoms with Crippen molar-refractivity contribution in [2.24, 2.45) is 0 Å². The molecular weight excluding hydrogens is 314 g/mol. The standard InChI is InChI=1S/C20H17N3O2/c1-11-7-17(25-2)18(14-5-6-22-19(11)14)20(24)16-9-13-8-12(10-21)3-4-15(13)23-16/h3-9,20,22-24H,1-2H3. The van der Waals surface area contributed by atoms with Crippen LogP contribution >= 0.6 is 0 Å². The molecule has 5 nitrogen and oxygen atoms in total. The molecule has 0 aliphatic heterocycles. The second-order valence-corrected chi connectivity index (χ2v) is 6.12. The maximum atomic E-state index is 11.0. The van der Waals surface area contributed by atoms with Gasteiger partial charge in [-0.15, -0.1) is 0 Å². The summed E-state index contributed by atoms with van der Waals surface area (Å²) in [4.78, 5) is 6.46. The van der Waals surface area contributed by atoms with E-state index in [0.29, 0.717) is 17.0 Å². The Morgan fingerprint density at radius 3 is 2.80 bits per heavy atom. The van der Waals surface area contributed by atoms with E-state index in [9.17, 15) is 5.11 Å². The molecule has 5 heteroatoms. The van der Waals surface area contributed by atoms with Gasteiger partial charge < -0.3 is 19.8 Å². The van der Waals surface area contributed by atoms with Crippen molar-refractivity contribution >= 4 is 21.8 Å². The Labute approximate surface area is 144 Å². The largest absolute Gasteiger partial charge is 0.496 e. The van der Waals surface area contributed by atoms with Crippen LogP contribution in [0.5, 0.6) is 5.75 Å². The quantitative estimate of drug-likeness (QED) is 0.532. The third-order valence-electron chi connectivity index (χ3n) is 4.60. The van der Waals surface area contributed by atoms with E-state index in [1.807, 2.05) is 37.4 Å².